The highest BCUT2D eigenvalue weighted by Gasteiger charge is 2.05. The van der Waals surface area contributed by atoms with E-state index in [-0.39, 0.29) is 30.2 Å². The highest BCUT2D eigenvalue weighted by Crippen LogP contribution is 2.17. The number of amides is 1. The molecule has 0 saturated carbocycles. The highest BCUT2D eigenvalue weighted by atomic mass is 32.1. The molecule has 1 amide bonds. The fourth-order valence-electron chi connectivity index (χ4n) is 1.26. The van der Waals surface area contributed by atoms with Crippen molar-refractivity contribution >= 4 is 28.8 Å². The van der Waals surface area contributed by atoms with Gasteiger partial charge in [-0.2, -0.15) is 0 Å². The van der Waals surface area contributed by atoms with Gasteiger partial charge in [0.2, 0.25) is 5.91 Å². The molecule has 0 aliphatic heterocycles. The number of rotatable bonds is 7. The molecular weight excluding hydrogens is 264 g/mol. The fourth-order valence-corrected chi connectivity index (χ4v) is 1.32. The first kappa shape index (κ1) is 15.4. The van der Waals surface area contributed by atoms with Crippen molar-refractivity contribution in [2.24, 2.45) is 5.73 Å². The number of anilines is 1. The van der Waals surface area contributed by atoms with Crippen LogP contribution < -0.4 is 15.8 Å². The quantitative estimate of drug-likeness (QED) is 0.745. The van der Waals surface area contributed by atoms with E-state index in [4.69, 9.17) is 27.4 Å². The van der Waals surface area contributed by atoms with E-state index >= 15 is 0 Å². The van der Waals surface area contributed by atoms with Crippen LogP contribution in [0.1, 0.15) is 13.8 Å². The topological polar surface area (TPSA) is 73.6 Å². The van der Waals surface area contributed by atoms with Gasteiger partial charge in [0.25, 0.3) is 0 Å². The van der Waals surface area contributed by atoms with Crippen LogP contribution in [-0.4, -0.2) is 30.2 Å². The van der Waals surface area contributed by atoms with E-state index in [9.17, 15) is 4.79 Å². The van der Waals surface area contributed by atoms with Crippen LogP contribution in [0.2, 0.25) is 0 Å². The second-order valence-electron chi connectivity index (χ2n) is 4.19. The highest BCUT2D eigenvalue weighted by molar-refractivity contribution is 7.80. The first-order chi connectivity index (χ1) is 8.97. The van der Waals surface area contributed by atoms with Crippen LogP contribution in [0.25, 0.3) is 0 Å². The minimum atomic E-state index is -0.208. The Morgan fingerprint density at radius 1 is 1.42 bits per heavy atom. The van der Waals surface area contributed by atoms with Gasteiger partial charge in [-0.05, 0) is 26.0 Å². The maximum Gasteiger partial charge on any atom is 0.250 e. The lowest BCUT2D eigenvalue weighted by Gasteiger charge is -2.10. The zero-order chi connectivity index (χ0) is 14.3. The third-order valence-electron chi connectivity index (χ3n) is 2.05. The molecule has 0 aliphatic rings. The minimum absolute atomic E-state index is 0.0194. The Morgan fingerprint density at radius 3 is 2.79 bits per heavy atom. The van der Waals surface area contributed by atoms with Gasteiger partial charge in [0.05, 0.1) is 6.10 Å². The van der Waals surface area contributed by atoms with Gasteiger partial charge >= 0.3 is 0 Å². The second-order valence-corrected chi connectivity index (χ2v) is 4.72. The van der Waals surface area contributed by atoms with E-state index in [1.165, 1.54) is 0 Å². The number of benzene rings is 1. The number of nitrogens with one attached hydrogen (secondary N) is 1. The summed E-state index contributed by atoms with van der Waals surface area (Å²) in [6.07, 6.45) is 0.0194. The lowest BCUT2D eigenvalue weighted by atomic mass is 10.3. The lowest BCUT2D eigenvalue weighted by Crippen LogP contribution is -2.21. The molecule has 0 heterocycles. The van der Waals surface area contributed by atoms with E-state index in [2.05, 4.69) is 5.32 Å². The van der Waals surface area contributed by atoms with Crippen molar-refractivity contribution in [3.8, 4) is 5.75 Å². The minimum Gasteiger partial charge on any atom is -0.486 e. The van der Waals surface area contributed by atoms with E-state index < -0.39 is 0 Å². The Kier molecular flexibility index (Phi) is 6.24. The summed E-state index contributed by atoms with van der Waals surface area (Å²) in [5, 5.41) is 2.72. The van der Waals surface area contributed by atoms with E-state index in [1.54, 1.807) is 24.3 Å². The Balaban J connectivity index is 2.51. The molecule has 0 unspecified atom stereocenters. The molecule has 0 bridgehead atoms. The molecule has 5 nitrogen and oxygen atoms in total. The molecule has 0 radical (unpaired) electrons. The summed E-state index contributed by atoms with van der Waals surface area (Å²) in [5.74, 6) is 0.385. The van der Waals surface area contributed by atoms with Crippen molar-refractivity contribution in [3.05, 3.63) is 24.3 Å². The number of hydrogen-bond donors (Lipinski definition) is 2. The molecular formula is C13H18N2O3S. The fraction of sp³-hybridized carbons (Fsp3) is 0.385. The maximum absolute atomic E-state index is 11.6. The molecule has 0 spiro atoms. The Morgan fingerprint density at radius 2 is 2.16 bits per heavy atom. The number of ether oxygens (including phenoxy) is 2. The number of thiocarbonyl (C=S) groups is 1. The summed E-state index contributed by atoms with van der Waals surface area (Å²) >= 11 is 4.72. The van der Waals surface area contributed by atoms with Crippen LogP contribution in [0.4, 0.5) is 5.69 Å². The van der Waals surface area contributed by atoms with Crippen molar-refractivity contribution in [2.75, 3.05) is 18.5 Å². The average molecular weight is 282 g/mol. The van der Waals surface area contributed by atoms with Gasteiger partial charge in [-0.3, -0.25) is 4.79 Å². The molecule has 19 heavy (non-hydrogen) atoms. The molecule has 1 aromatic rings. The van der Waals surface area contributed by atoms with Crippen molar-refractivity contribution in [1.29, 1.82) is 0 Å². The number of carbonyl (C=O) groups excluding carboxylic acids is 1. The predicted octanol–water partition coefficient (Wildman–Crippen LogP) is 1.71. The summed E-state index contributed by atoms with van der Waals surface area (Å²) in [6, 6.07) is 7.00. The summed E-state index contributed by atoms with van der Waals surface area (Å²) < 4.78 is 10.5. The smallest absolute Gasteiger partial charge is 0.250 e. The summed E-state index contributed by atoms with van der Waals surface area (Å²) in [4.78, 5) is 11.9. The molecule has 104 valence electrons. The monoisotopic (exact) mass is 282 g/mol. The van der Waals surface area contributed by atoms with E-state index in [0.29, 0.717) is 11.4 Å². The van der Waals surface area contributed by atoms with Crippen LogP contribution in [0, 0.1) is 0 Å². The second kappa shape index (κ2) is 7.70. The first-order valence-electron chi connectivity index (χ1n) is 5.90. The van der Waals surface area contributed by atoms with E-state index in [1.807, 2.05) is 13.8 Å². The third-order valence-corrected chi connectivity index (χ3v) is 2.16. The van der Waals surface area contributed by atoms with Crippen LogP contribution in [0.5, 0.6) is 5.75 Å². The number of hydrogen-bond acceptors (Lipinski definition) is 4. The van der Waals surface area contributed by atoms with Gasteiger partial charge in [-0.15, -0.1) is 0 Å². The van der Waals surface area contributed by atoms with Crippen LogP contribution in [0.15, 0.2) is 24.3 Å². The van der Waals surface area contributed by atoms with E-state index in [0.717, 1.165) is 0 Å². The van der Waals surface area contributed by atoms with Crippen LogP contribution in [0.3, 0.4) is 0 Å². The van der Waals surface area contributed by atoms with Gasteiger partial charge in [0.15, 0.2) is 0 Å². The molecule has 1 aromatic carbocycles. The molecule has 3 N–H and O–H groups in total. The third kappa shape index (κ3) is 6.73. The van der Waals surface area contributed by atoms with Gasteiger partial charge in [0.1, 0.15) is 24.0 Å². The van der Waals surface area contributed by atoms with Gasteiger partial charge in [-0.1, -0.05) is 18.3 Å². The maximum atomic E-state index is 11.6. The van der Waals surface area contributed by atoms with Crippen molar-refractivity contribution < 1.29 is 14.3 Å². The van der Waals surface area contributed by atoms with Crippen molar-refractivity contribution in [3.63, 3.8) is 0 Å². The lowest BCUT2D eigenvalue weighted by molar-refractivity contribution is -0.121. The van der Waals surface area contributed by atoms with Crippen LogP contribution in [-0.2, 0) is 9.53 Å². The Hall–Kier alpha value is -1.66. The molecule has 0 aliphatic carbocycles. The largest absolute Gasteiger partial charge is 0.486 e. The normalized spacial score (nSPS) is 10.3. The summed E-state index contributed by atoms with van der Waals surface area (Å²) in [5.41, 5.74) is 5.98. The summed E-state index contributed by atoms with van der Waals surface area (Å²) in [7, 11) is 0. The van der Waals surface area contributed by atoms with Gasteiger partial charge < -0.3 is 20.5 Å². The number of nitrogens with two attached hydrogens (primary N) is 1. The predicted molar refractivity (Wildman–Crippen MR) is 78.4 cm³/mol. The Bertz CT molecular complexity index is 449. The molecule has 0 atom stereocenters. The molecule has 0 saturated heterocycles. The molecule has 0 fully saturated rings. The molecule has 1 rings (SSSR count). The number of carbonyl (C=O) groups is 1. The first-order valence-corrected chi connectivity index (χ1v) is 6.31. The zero-order valence-corrected chi connectivity index (χ0v) is 11.8. The molecule has 6 heteroatoms. The van der Waals surface area contributed by atoms with Crippen LogP contribution >= 0.6 is 12.2 Å². The van der Waals surface area contributed by atoms with Gasteiger partial charge in [-0.25, -0.2) is 0 Å². The molecule has 0 aromatic heterocycles. The zero-order valence-electron chi connectivity index (χ0n) is 11.0. The Labute approximate surface area is 118 Å². The van der Waals surface area contributed by atoms with Crippen molar-refractivity contribution in [2.45, 2.75) is 20.0 Å². The average Bonchev–Trinajstić information content (AvgIpc) is 2.34. The SMILES string of the molecule is CC(C)OCC(=O)Nc1cccc(OCC(N)=S)c1. The standard InChI is InChI=1S/C13H18N2O3S/c1-9(2)17-8-13(16)15-10-4-3-5-11(6-10)18-7-12(14)19/h3-6,9H,7-8H2,1-2H3,(H2,14,19)(H,15,16). The summed E-state index contributed by atoms with van der Waals surface area (Å²) in [6.45, 7) is 3.94. The van der Waals surface area contributed by atoms with Gasteiger partial charge in [0, 0.05) is 11.8 Å². The van der Waals surface area contributed by atoms with Crippen molar-refractivity contribution in [1.82, 2.24) is 0 Å².